The first-order valence-corrected chi connectivity index (χ1v) is 19.1. The highest BCUT2D eigenvalue weighted by Gasteiger charge is 2.45. The fourth-order valence-corrected chi connectivity index (χ4v) is 7.55. The fraction of sp³-hybridized carbons (Fsp3) is 0.325. The Balaban J connectivity index is 0.898. The van der Waals surface area contributed by atoms with Crippen molar-refractivity contribution < 1.29 is 23.7 Å². The molecule has 0 amide bonds. The fourth-order valence-electron chi connectivity index (χ4n) is 6.70. The summed E-state index contributed by atoms with van der Waals surface area (Å²) in [7, 11) is 3.24. The molecule has 2 aliphatic heterocycles. The maximum Gasteiger partial charge on any atom is 0.217 e. The molecule has 0 radical (unpaired) electrons. The minimum Gasteiger partial charge on any atom is -0.491 e. The number of nitrogens with zero attached hydrogens (tertiary/aromatic N) is 6. The van der Waals surface area contributed by atoms with Gasteiger partial charge in [-0.3, -0.25) is 0 Å². The zero-order chi connectivity index (χ0) is 38.2. The van der Waals surface area contributed by atoms with Crippen molar-refractivity contribution in [1.82, 2.24) is 14.8 Å². The van der Waals surface area contributed by atoms with Crippen LogP contribution in [0.4, 0.5) is 22.7 Å². The van der Waals surface area contributed by atoms with E-state index in [1.54, 1.807) is 37.4 Å². The largest absolute Gasteiger partial charge is 0.491 e. The van der Waals surface area contributed by atoms with Crippen LogP contribution in [0.1, 0.15) is 5.56 Å². The summed E-state index contributed by atoms with van der Waals surface area (Å²) in [6.07, 6.45) is 2.31. The van der Waals surface area contributed by atoms with Crippen LogP contribution >= 0.6 is 35.4 Å². The molecule has 0 spiro atoms. The van der Waals surface area contributed by atoms with E-state index in [2.05, 4.69) is 61.6 Å². The predicted molar refractivity (Wildman–Crippen MR) is 220 cm³/mol. The zero-order valence-corrected chi connectivity index (χ0v) is 32.9. The molecule has 15 heteroatoms. The molecule has 1 N–H and O–H groups in total. The minimum absolute atomic E-state index is 0.268. The minimum atomic E-state index is -1.16. The molecular formula is C40H43Cl2N7O5S. The van der Waals surface area contributed by atoms with E-state index in [0.717, 1.165) is 49.0 Å². The van der Waals surface area contributed by atoms with Crippen molar-refractivity contribution in [1.29, 1.82) is 0 Å². The van der Waals surface area contributed by atoms with Gasteiger partial charge in [-0.25, -0.2) is 9.67 Å². The van der Waals surface area contributed by atoms with Crippen molar-refractivity contribution in [2.45, 2.75) is 24.7 Å². The quantitative estimate of drug-likeness (QED) is 0.0918. The lowest BCUT2D eigenvalue weighted by atomic mass is 10.1. The van der Waals surface area contributed by atoms with Gasteiger partial charge in [-0.2, -0.15) is 5.10 Å². The van der Waals surface area contributed by atoms with Crippen LogP contribution in [0.25, 0.3) is 0 Å². The molecule has 0 aliphatic carbocycles. The van der Waals surface area contributed by atoms with Gasteiger partial charge in [0.1, 0.15) is 37.7 Å². The van der Waals surface area contributed by atoms with Gasteiger partial charge < -0.3 is 43.7 Å². The second-order valence-electron chi connectivity index (χ2n) is 13.1. The molecule has 12 nitrogen and oxygen atoms in total. The molecule has 2 aliphatic rings. The van der Waals surface area contributed by atoms with Crippen LogP contribution in [-0.2, 0) is 31.3 Å². The van der Waals surface area contributed by atoms with Crippen molar-refractivity contribution in [2.75, 3.05) is 80.2 Å². The van der Waals surface area contributed by atoms with Crippen molar-refractivity contribution in [2.24, 2.45) is 0 Å². The SMILES string of the molecule is COC(CN(C(=S)Nc1ccc(N2CCN(c3ccc(OCC4COC(Cn5cncn5)(c5ccc(Cl)cc5Cl)O4)cc3)CC2)cc1)c1ccccc1)OC. The second-order valence-corrected chi connectivity index (χ2v) is 14.4. The van der Waals surface area contributed by atoms with E-state index in [-0.39, 0.29) is 12.6 Å². The van der Waals surface area contributed by atoms with Gasteiger partial charge in [0.05, 0.1) is 18.2 Å². The molecule has 3 heterocycles. The number of hydrogen-bond donors (Lipinski definition) is 1. The Kier molecular flexibility index (Phi) is 12.7. The van der Waals surface area contributed by atoms with Crippen LogP contribution in [0.2, 0.25) is 10.0 Å². The second kappa shape index (κ2) is 18.0. The summed E-state index contributed by atoms with van der Waals surface area (Å²) < 4.78 is 31.5. The van der Waals surface area contributed by atoms with E-state index in [1.807, 2.05) is 53.4 Å². The summed E-state index contributed by atoms with van der Waals surface area (Å²) in [4.78, 5) is 10.8. The summed E-state index contributed by atoms with van der Waals surface area (Å²) in [6, 6.07) is 31.8. The van der Waals surface area contributed by atoms with Crippen molar-refractivity contribution in [3.05, 3.63) is 125 Å². The maximum absolute atomic E-state index is 6.60. The lowest BCUT2D eigenvalue weighted by Crippen LogP contribution is -2.46. The number of thiocarbonyl (C=S) groups is 1. The van der Waals surface area contributed by atoms with Crippen molar-refractivity contribution in [3.8, 4) is 5.75 Å². The molecule has 55 heavy (non-hydrogen) atoms. The molecule has 2 atom stereocenters. The number of piperazine rings is 1. The van der Waals surface area contributed by atoms with Crippen LogP contribution in [-0.4, -0.2) is 92.4 Å². The van der Waals surface area contributed by atoms with E-state index in [9.17, 15) is 0 Å². The maximum atomic E-state index is 6.60. The van der Waals surface area contributed by atoms with Crippen molar-refractivity contribution in [3.63, 3.8) is 0 Å². The first kappa shape index (κ1) is 38.8. The third-order valence-corrected chi connectivity index (χ3v) is 10.5. The molecule has 2 saturated heterocycles. The Morgan fingerprint density at radius 2 is 1.60 bits per heavy atom. The molecule has 5 aromatic rings. The molecule has 288 valence electrons. The van der Waals surface area contributed by atoms with Crippen LogP contribution in [0.5, 0.6) is 5.75 Å². The monoisotopic (exact) mass is 803 g/mol. The predicted octanol–water partition coefficient (Wildman–Crippen LogP) is 7.08. The summed E-state index contributed by atoms with van der Waals surface area (Å²) in [5.41, 5.74) is 4.85. The van der Waals surface area contributed by atoms with E-state index in [4.69, 9.17) is 59.1 Å². The number of halogens is 2. The van der Waals surface area contributed by atoms with Crippen LogP contribution in [0, 0.1) is 0 Å². The Labute approximate surface area is 336 Å². The van der Waals surface area contributed by atoms with Crippen LogP contribution < -0.4 is 24.8 Å². The number of anilines is 4. The van der Waals surface area contributed by atoms with Crippen molar-refractivity contribution >= 4 is 63.3 Å². The van der Waals surface area contributed by atoms with Gasteiger partial charge in [-0.1, -0.05) is 47.5 Å². The molecular weight excluding hydrogens is 761 g/mol. The first-order chi connectivity index (χ1) is 26.8. The Morgan fingerprint density at radius 1 is 0.927 bits per heavy atom. The average Bonchev–Trinajstić information content (AvgIpc) is 3.89. The Morgan fingerprint density at radius 3 is 2.22 bits per heavy atom. The van der Waals surface area contributed by atoms with E-state index in [1.165, 1.54) is 12.0 Å². The molecule has 4 aromatic carbocycles. The Hall–Kier alpha value is -4.47. The number of hydrogen-bond acceptors (Lipinski definition) is 10. The van der Waals surface area contributed by atoms with E-state index >= 15 is 0 Å². The highest BCUT2D eigenvalue weighted by atomic mass is 35.5. The van der Waals surface area contributed by atoms with E-state index in [0.29, 0.717) is 40.5 Å². The van der Waals surface area contributed by atoms with Gasteiger partial charge >= 0.3 is 0 Å². The number of nitrogens with one attached hydrogen (secondary N) is 1. The topological polar surface area (TPSA) is 98.6 Å². The molecule has 0 bridgehead atoms. The van der Waals surface area contributed by atoms with Crippen LogP contribution in [0.15, 0.2) is 110 Å². The lowest BCUT2D eigenvalue weighted by molar-refractivity contribution is -0.190. The smallest absolute Gasteiger partial charge is 0.217 e. The van der Waals surface area contributed by atoms with Gasteiger partial charge in [0, 0.05) is 73.7 Å². The first-order valence-electron chi connectivity index (χ1n) is 17.9. The molecule has 1 aromatic heterocycles. The highest BCUT2D eigenvalue weighted by molar-refractivity contribution is 7.80. The Bertz CT molecular complexity index is 1980. The molecule has 7 rings (SSSR count). The van der Waals surface area contributed by atoms with Gasteiger partial charge in [0.15, 0.2) is 11.4 Å². The number of para-hydroxylation sites is 1. The number of rotatable bonds is 14. The standard InChI is InChI=1S/C40H43Cl2N7O5S/c1-50-38(51-2)23-49(33-6-4-3-5-7-33)39(55)45-30-9-11-31(12-10-30)46-18-20-47(21-19-46)32-13-15-34(16-14-32)52-24-35-25-53-40(54-35,26-48-28-43-27-44-48)36-17-8-29(41)22-37(36)42/h3-17,22,27-28,35,38H,18-21,23-26H2,1-2H3,(H,45,55). The molecule has 2 fully saturated rings. The number of benzene rings is 4. The summed E-state index contributed by atoms with van der Waals surface area (Å²) >= 11 is 18.6. The summed E-state index contributed by atoms with van der Waals surface area (Å²) in [6.45, 7) is 4.91. The van der Waals surface area contributed by atoms with Crippen LogP contribution in [0.3, 0.4) is 0 Å². The number of methoxy groups -OCH3 is 2. The summed E-state index contributed by atoms with van der Waals surface area (Å²) in [5.74, 6) is -0.410. The van der Waals surface area contributed by atoms with Gasteiger partial charge in [-0.05, 0) is 85.0 Å². The number of ether oxygens (including phenoxy) is 5. The third kappa shape index (κ3) is 9.50. The zero-order valence-electron chi connectivity index (χ0n) is 30.6. The highest BCUT2D eigenvalue weighted by Crippen LogP contribution is 2.40. The normalized spacial score (nSPS) is 18.5. The van der Waals surface area contributed by atoms with Gasteiger partial charge in [-0.15, -0.1) is 0 Å². The third-order valence-electron chi connectivity index (χ3n) is 9.61. The molecule has 2 unspecified atom stereocenters. The summed E-state index contributed by atoms with van der Waals surface area (Å²) in [5, 5.41) is 9.16. The van der Waals surface area contributed by atoms with Gasteiger partial charge in [0.2, 0.25) is 5.79 Å². The lowest BCUT2D eigenvalue weighted by Gasteiger charge is -2.37. The van der Waals surface area contributed by atoms with E-state index < -0.39 is 12.1 Å². The number of aromatic nitrogens is 3. The molecule has 0 saturated carbocycles. The average molecular weight is 805 g/mol. The van der Waals surface area contributed by atoms with Gasteiger partial charge in [0.25, 0.3) is 0 Å².